The van der Waals surface area contributed by atoms with Gasteiger partial charge in [-0.3, -0.25) is 0 Å². The molecule has 3 nitrogen and oxygen atoms in total. The topological polar surface area (TPSA) is 60.2 Å². The molecule has 1 aliphatic rings. The minimum absolute atomic E-state index is 0.134. The molecule has 0 heterocycles. The van der Waals surface area contributed by atoms with Crippen LogP contribution in [0.5, 0.6) is 0 Å². The minimum Gasteiger partial charge on any atom is -0.330 e. The first-order valence-corrected chi connectivity index (χ1v) is 7.14. The van der Waals surface area contributed by atoms with Crippen LogP contribution in [0.15, 0.2) is 29.2 Å². The van der Waals surface area contributed by atoms with E-state index in [1.54, 1.807) is 12.1 Å². The summed E-state index contributed by atoms with van der Waals surface area (Å²) in [7, 11) is -3.05. The van der Waals surface area contributed by atoms with E-state index in [4.69, 9.17) is 5.73 Å². The van der Waals surface area contributed by atoms with E-state index in [0.717, 1.165) is 18.4 Å². The quantitative estimate of drug-likeness (QED) is 0.869. The van der Waals surface area contributed by atoms with E-state index in [2.05, 4.69) is 0 Å². The van der Waals surface area contributed by atoms with Crippen molar-refractivity contribution in [2.24, 2.45) is 5.73 Å². The maximum atomic E-state index is 11.9. The largest absolute Gasteiger partial charge is 0.330 e. The fourth-order valence-corrected chi connectivity index (χ4v) is 3.35. The third-order valence-corrected chi connectivity index (χ3v) is 5.37. The van der Waals surface area contributed by atoms with Crippen LogP contribution in [-0.2, 0) is 9.84 Å². The summed E-state index contributed by atoms with van der Waals surface area (Å²) >= 11 is 0. The van der Waals surface area contributed by atoms with Gasteiger partial charge in [-0.2, -0.15) is 0 Å². The fraction of sp³-hybridized carbons (Fsp3) is 0.500. The summed E-state index contributed by atoms with van der Waals surface area (Å²) in [6.45, 7) is 2.61. The van der Waals surface area contributed by atoms with Crippen molar-refractivity contribution in [2.45, 2.75) is 35.8 Å². The molecule has 0 aliphatic heterocycles. The monoisotopic (exact) mass is 239 g/mol. The van der Waals surface area contributed by atoms with Crippen LogP contribution in [0.25, 0.3) is 0 Å². The van der Waals surface area contributed by atoms with E-state index in [0.29, 0.717) is 11.4 Å². The van der Waals surface area contributed by atoms with Gasteiger partial charge in [0.25, 0.3) is 0 Å². The molecule has 16 heavy (non-hydrogen) atoms. The van der Waals surface area contributed by atoms with Gasteiger partial charge >= 0.3 is 0 Å². The zero-order valence-corrected chi connectivity index (χ0v) is 10.2. The molecule has 88 valence electrons. The summed E-state index contributed by atoms with van der Waals surface area (Å²) in [5.41, 5.74) is 6.66. The second-order valence-electron chi connectivity index (χ2n) is 4.45. The van der Waals surface area contributed by atoms with Crippen molar-refractivity contribution < 1.29 is 8.42 Å². The molecule has 1 unspecified atom stereocenters. The van der Waals surface area contributed by atoms with Crippen molar-refractivity contribution in [1.29, 1.82) is 0 Å². The minimum atomic E-state index is -3.05. The van der Waals surface area contributed by atoms with E-state index in [1.807, 2.05) is 19.1 Å². The first-order valence-electron chi connectivity index (χ1n) is 5.59. The molecule has 1 fully saturated rings. The SMILES string of the molecule is CC(CN)c1ccc(S(=O)(=O)C2CC2)cc1. The second-order valence-corrected chi connectivity index (χ2v) is 6.68. The molecular weight excluding hydrogens is 222 g/mol. The Kier molecular flexibility index (Phi) is 3.04. The lowest BCUT2D eigenvalue weighted by molar-refractivity contribution is 0.594. The van der Waals surface area contributed by atoms with Gasteiger partial charge in [0.15, 0.2) is 9.84 Å². The smallest absolute Gasteiger partial charge is 0.181 e. The van der Waals surface area contributed by atoms with Crippen molar-refractivity contribution >= 4 is 9.84 Å². The van der Waals surface area contributed by atoms with E-state index in [9.17, 15) is 8.42 Å². The maximum absolute atomic E-state index is 11.9. The molecule has 1 aliphatic carbocycles. The van der Waals surface area contributed by atoms with Crippen LogP contribution in [0.1, 0.15) is 31.2 Å². The molecule has 2 N–H and O–H groups in total. The van der Waals surface area contributed by atoms with Crippen molar-refractivity contribution in [3.8, 4) is 0 Å². The highest BCUT2D eigenvalue weighted by Crippen LogP contribution is 2.33. The standard InChI is InChI=1S/C12H17NO2S/c1-9(8-13)10-2-4-11(5-3-10)16(14,15)12-6-7-12/h2-5,9,12H,6-8,13H2,1H3. The van der Waals surface area contributed by atoms with Crippen LogP contribution in [0.3, 0.4) is 0 Å². The van der Waals surface area contributed by atoms with Crippen LogP contribution in [-0.4, -0.2) is 20.2 Å². The fourth-order valence-electron chi connectivity index (χ4n) is 1.69. The number of hydrogen-bond donors (Lipinski definition) is 1. The Morgan fingerprint density at radius 2 is 1.88 bits per heavy atom. The molecule has 1 saturated carbocycles. The average molecular weight is 239 g/mol. The van der Waals surface area contributed by atoms with Crippen LogP contribution in [0, 0.1) is 0 Å². The lowest BCUT2D eigenvalue weighted by Gasteiger charge is -2.09. The van der Waals surface area contributed by atoms with Crippen molar-refractivity contribution in [1.82, 2.24) is 0 Å². The molecule has 0 amide bonds. The summed E-state index contributed by atoms with van der Waals surface area (Å²) in [6.07, 6.45) is 1.62. The molecule has 0 bridgehead atoms. The first kappa shape index (κ1) is 11.6. The van der Waals surface area contributed by atoms with Crippen molar-refractivity contribution in [2.75, 3.05) is 6.54 Å². The van der Waals surface area contributed by atoms with Gasteiger partial charge in [-0.1, -0.05) is 19.1 Å². The van der Waals surface area contributed by atoms with Crippen molar-refractivity contribution in [3.05, 3.63) is 29.8 Å². The Labute approximate surface area is 96.6 Å². The van der Waals surface area contributed by atoms with Gasteiger partial charge in [0.1, 0.15) is 0 Å². The zero-order chi connectivity index (χ0) is 11.8. The van der Waals surface area contributed by atoms with Gasteiger partial charge < -0.3 is 5.73 Å². The van der Waals surface area contributed by atoms with Crippen LogP contribution in [0.4, 0.5) is 0 Å². The highest BCUT2D eigenvalue weighted by Gasteiger charge is 2.36. The van der Waals surface area contributed by atoms with Gasteiger partial charge in [-0.15, -0.1) is 0 Å². The van der Waals surface area contributed by atoms with E-state index in [-0.39, 0.29) is 11.2 Å². The molecular formula is C12H17NO2S. The second kappa shape index (κ2) is 4.18. The Morgan fingerprint density at radius 1 is 1.31 bits per heavy atom. The maximum Gasteiger partial charge on any atom is 0.181 e. The number of sulfone groups is 1. The summed E-state index contributed by atoms with van der Waals surface area (Å²) in [5, 5.41) is -0.134. The molecule has 2 rings (SSSR count). The Morgan fingerprint density at radius 3 is 2.31 bits per heavy atom. The molecule has 0 spiro atoms. The van der Waals surface area contributed by atoms with Crippen LogP contribution >= 0.6 is 0 Å². The van der Waals surface area contributed by atoms with Crippen LogP contribution < -0.4 is 5.73 Å². The predicted octanol–water partition coefficient (Wildman–Crippen LogP) is 1.68. The third-order valence-electron chi connectivity index (χ3n) is 3.09. The lowest BCUT2D eigenvalue weighted by Crippen LogP contribution is -2.10. The van der Waals surface area contributed by atoms with Crippen LogP contribution in [0.2, 0.25) is 0 Å². The summed E-state index contributed by atoms with van der Waals surface area (Å²) in [5.74, 6) is 0.276. The molecule has 1 aromatic carbocycles. The number of nitrogens with two attached hydrogens (primary N) is 1. The molecule has 0 saturated heterocycles. The van der Waals surface area contributed by atoms with Gasteiger partial charge in [0, 0.05) is 0 Å². The van der Waals surface area contributed by atoms with E-state index in [1.165, 1.54) is 0 Å². The first-order chi connectivity index (χ1) is 7.55. The van der Waals surface area contributed by atoms with Gasteiger partial charge in [0.2, 0.25) is 0 Å². The Bertz CT molecular complexity index is 460. The number of benzene rings is 1. The van der Waals surface area contributed by atoms with Gasteiger partial charge in [0.05, 0.1) is 10.1 Å². The van der Waals surface area contributed by atoms with E-state index < -0.39 is 9.84 Å². The van der Waals surface area contributed by atoms with Gasteiger partial charge in [-0.25, -0.2) is 8.42 Å². The molecule has 1 aromatic rings. The average Bonchev–Trinajstić information content (AvgIpc) is 3.12. The molecule has 0 aromatic heterocycles. The number of rotatable bonds is 4. The zero-order valence-electron chi connectivity index (χ0n) is 9.39. The molecule has 4 heteroatoms. The number of hydrogen-bond acceptors (Lipinski definition) is 3. The summed E-state index contributed by atoms with van der Waals surface area (Å²) in [4.78, 5) is 0.447. The molecule has 0 radical (unpaired) electrons. The highest BCUT2D eigenvalue weighted by molar-refractivity contribution is 7.92. The highest BCUT2D eigenvalue weighted by atomic mass is 32.2. The predicted molar refractivity (Wildman–Crippen MR) is 64.1 cm³/mol. The Hall–Kier alpha value is -0.870. The summed E-state index contributed by atoms with van der Waals surface area (Å²) in [6, 6.07) is 7.14. The van der Waals surface area contributed by atoms with Crippen molar-refractivity contribution in [3.63, 3.8) is 0 Å². The Balaban J connectivity index is 2.25. The van der Waals surface area contributed by atoms with Gasteiger partial charge in [-0.05, 0) is 43.0 Å². The molecule has 1 atom stereocenters. The summed E-state index contributed by atoms with van der Waals surface area (Å²) < 4.78 is 23.8. The normalized spacial score (nSPS) is 18.4. The third kappa shape index (κ3) is 2.13. The lowest BCUT2D eigenvalue weighted by atomic mass is 10.0. The van der Waals surface area contributed by atoms with E-state index >= 15 is 0 Å².